The summed E-state index contributed by atoms with van der Waals surface area (Å²) in [4.78, 5) is 34.3. The van der Waals surface area contributed by atoms with E-state index in [1.807, 2.05) is 42.2 Å². The summed E-state index contributed by atoms with van der Waals surface area (Å²) in [5.74, 6) is 0.212. The van der Waals surface area contributed by atoms with Crippen molar-refractivity contribution in [1.29, 1.82) is 0 Å². The van der Waals surface area contributed by atoms with E-state index in [1.165, 1.54) is 4.90 Å². The van der Waals surface area contributed by atoms with Gasteiger partial charge in [0.15, 0.2) is 0 Å². The number of amides is 2. The van der Waals surface area contributed by atoms with Crippen molar-refractivity contribution in [2.24, 2.45) is 5.92 Å². The lowest BCUT2D eigenvalue weighted by atomic mass is 9.97. The van der Waals surface area contributed by atoms with Crippen LogP contribution in [0.5, 0.6) is 5.75 Å². The Bertz CT molecular complexity index is 972. The van der Waals surface area contributed by atoms with Crippen LogP contribution in [0.4, 0.5) is 0 Å². The second-order valence-electron chi connectivity index (χ2n) is 7.88. The number of aliphatic hydroxyl groups excluding tert-OH is 1. The van der Waals surface area contributed by atoms with Crippen molar-refractivity contribution in [2.45, 2.75) is 26.3 Å². The molecule has 7 heteroatoms. The molecule has 1 atom stereocenters. The highest BCUT2D eigenvalue weighted by Crippen LogP contribution is 2.35. The predicted molar refractivity (Wildman–Crippen MR) is 116 cm³/mol. The largest absolute Gasteiger partial charge is 0.494 e. The van der Waals surface area contributed by atoms with Crippen molar-refractivity contribution in [2.75, 3.05) is 26.3 Å². The molecule has 2 aromatic rings. The van der Waals surface area contributed by atoms with Gasteiger partial charge in [0, 0.05) is 32.1 Å². The number of ether oxygens (including phenoxy) is 1. The molecule has 0 spiro atoms. The zero-order valence-electron chi connectivity index (χ0n) is 17.7. The van der Waals surface area contributed by atoms with Crippen LogP contribution in [-0.2, 0) is 16.1 Å². The van der Waals surface area contributed by atoms with Crippen LogP contribution in [0, 0.1) is 5.92 Å². The smallest absolute Gasteiger partial charge is 0.278 e. The maximum absolute atomic E-state index is 13.5. The molecular weight excluding hydrogens is 394 g/mol. The number of nitrogens with zero attached hydrogens (tertiary/aromatic N) is 3. The summed E-state index contributed by atoms with van der Waals surface area (Å²) in [7, 11) is 0. The second-order valence-corrected chi connectivity index (χ2v) is 7.88. The Labute approximate surface area is 182 Å². The molecule has 3 heterocycles. The van der Waals surface area contributed by atoms with E-state index in [1.54, 1.807) is 18.5 Å². The number of aromatic nitrogens is 1. The number of imide groups is 1. The number of aliphatic hydroxyl groups is 1. The van der Waals surface area contributed by atoms with Gasteiger partial charge >= 0.3 is 0 Å². The number of hydrogen-bond donors (Lipinski definition) is 1. The summed E-state index contributed by atoms with van der Waals surface area (Å²) in [5.41, 5.74) is 2.33. The Hall–Kier alpha value is -3.19. The van der Waals surface area contributed by atoms with E-state index >= 15 is 0 Å². The van der Waals surface area contributed by atoms with Gasteiger partial charge < -0.3 is 14.7 Å². The second kappa shape index (κ2) is 9.31. The number of hydrogen-bond acceptors (Lipinski definition) is 6. The number of carbonyl (C=O) groups is 2. The van der Waals surface area contributed by atoms with Gasteiger partial charge in [-0.3, -0.25) is 19.5 Å². The summed E-state index contributed by atoms with van der Waals surface area (Å²) in [5, 5.41) is 9.65. The molecule has 4 rings (SSSR count). The van der Waals surface area contributed by atoms with E-state index in [-0.39, 0.29) is 30.9 Å². The van der Waals surface area contributed by atoms with Crippen LogP contribution < -0.4 is 4.74 Å². The molecule has 0 saturated carbocycles. The molecule has 2 aliphatic heterocycles. The zero-order valence-corrected chi connectivity index (χ0v) is 17.7. The minimum Gasteiger partial charge on any atom is -0.494 e. The van der Waals surface area contributed by atoms with Gasteiger partial charge in [-0.1, -0.05) is 18.2 Å². The molecule has 1 fully saturated rings. The van der Waals surface area contributed by atoms with Crippen LogP contribution in [0.2, 0.25) is 0 Å². The van der Waals surface area contributed by atoms with Crippen molar-refractivity contribution in [3.63, 3.8) is 0 Å². The molecule has 0 bridgehead atoms. The molecule has 1 aromatic carbocycles. The summed E-state index contributed by atoms with van der Waals surface area (Å²) >= 11 is 0. The quantitative estimate of drug-likeness (QED) is 0.692. The van der Waals surface area contributed by atoms with Crippen LogP contribution in [0.15, 0.2) is 54.5 Å². The van der Waals surface area contributed by atoms with Crippen molar-refractivity contribution >= 4 is 17.4 Å². The van der Waals surface area contributed by atoms with Crippen LogP contribution in [-0.4, -0.2) is 58.0 Å². The molecular formula is C24H27N3O4. The van der Waals surface area contributed by atoms with Gasteiger partial charge in [-0.2, -0.15) is 0 Å². The minimum absolute atomic E-state index is 0.0731. The van der Waals surface area contributed by atoms with E-state index in [9.17, 15) is 14.7 Å². The van der Waals surface area contributed by atoms with Gasteiger partial charge in [0.2, 0.25) is 0 Å². The molecule has 1 aromatic heterocycles. The normalized spacial score (nSPS) is 19.4. The fourth-order valence-corrected chi connectivity index (χ4v) is 4.24. The highest BCUT2D eigenvalue weighted by atomic mass is 16.5. The minimum atomic E-state index is -0.306. The lowest BCUT2D eigenvalue weighted by molar-refractivity contribution is -0.138. The first-order valence-electron chi connectivity index (χ1n) is 10.7. The Balaban J connectivity index is 1.71. The van der Waals surface area contributed by atoms with Crippen molar-refractivity contribution in [3.05, 3.63) is 65.6 Å². The fourth-order valence-electron chi connectivity index (χ4n) is 4.24. The third kappa shape index (κ3) is 4.32. The fraction of sp³-hybridized carbons (Fsp3) is 0.375. The van der Waals surface area contributed by atoms with Gasteiger partial charge in [0.25, 0.3) is 11.8 Å². The van der Waals surface area contributed by atoms with Crippen LogP contribution in [0.3, 0.4) is 0 Å². The summed E-state index contributed by atoms with van der Waals surface area (Å²) < 4.78 is 5.52. The SMILES string of the molecule is CCOc1ccc(C2=C(N3CCCC(CO)C3)C(=O)N(Cc3cccnc3)C2=O)cc1. The van der Waals surface area contributed by atoms with Crippen LogP contribution >= 0.6 is 0 Å². The number of piperidine rings is 1. The van der Waals surface area contributed by atoms with Gasteiger partial charge in [0.1, 0.15) is 11.4 Å². The Morgan fingerprint density at radius 3 is 2.65 bits per heavy atom. The Kier molecular flexibility index (Phi) is 6.32. The van der Waals surface area contributed by atoms with E-state index in [2.05, 4.69) is 4.98 Å². The van der Waals surface area contributed by atoms with Crippen LogP contribution in [0.25, 0.3) is 5.57 Å². The van der Waals surface area contributed by atoms with Crippen LogP contribution in [0.1, 0.15) is 30.9 Å². The number of carbonyl (C=O) groups excluding carboxylic acids is 2. The number of rotatable bonds is 7. The van der Waals surface area contributed by atoms with Gasteiger partial charge in [-0.05, 0) is 55.0 Å². The summed E-state index contributed by atoms with van der Waals surface area (Å²) in [6.45, 7) is 3.96. The monoisotopic (exact) mass is 421 g/mol. The van der Waals surface area contributed by atoms with Gasteiger partial charge in [0.05, 0.1) is 18.7 Å². The molecule has 162 valence electrons. The zero-order chi connectivity index (χ0) is 21.8. The lowest BCUT2D eigenvalue weighted by Gasteiger charge is -2.34. The molecule has 1 saturated heterocycles. The highest BCUT2D eigenvalue weighted by Gasteiger charge is 2.42. The first-order chi connectivity index (χ1) is 15.1. The highest BCUT2D eigenvalue weighted by molar-refractivity contribution is 6.35. The lowest BCUT2D eigenvalue weighted by Crippen LogP contribution is -2.40. The Morgan fingerprint density at radius 2 is 1.97 bits per heavy atom. The van der Waals surface area contributed by atoms with Crippen molar-refractivity contribution < 1.29 is 19.4 Å². The molecule has 0 radical (unpaired) electrons. The topological polar surface area (TPSA) is 83.0 Å². The van der Waals surface area contributed by atoms with E-state index in [0.29, 0.717) is 36.5 Å². The summed E-state index contributed by atoms with van der Waals surface area (Å²) in [6.07, 6.45) is 5.11. The molecule has 2 aliphatic rings. The molecule has 1 N–H and O–H groups in total. The molecule has 1 unspecified atom stereocenters. The average molecular weight is 421 g/mol. The third-order valence-electron chi connectivity index (χ3n) is 5.75. The first kappa shape index (κ1) is 21.1. The maximum Gasteiger partial charge on any atom is 0.278 e. The van der Waals surface area contributed by atoms with E-state index in [0.717, 1.165) is 24.2 Å². The molecule has 7 nitrogen and oxygen atoms in total. The molecule has 2 amide bonds. The standard InChI is InChI=1S/C24H27N3O4/c1-2-31-20-9-7-19(8-10-20)21-22(26-12-4-6-18(14-26)16-28)24(30)27(23(21)29)15-17-5-3-11-25-13-17/h3,5,7-11,13,18,28H,2,4,6,12,14-16H2,1H3. The number of pyridine rings is 1. The van der Waals surface area contributed by atoms with Crippen molar-refractivity contribution in [1.82, 2.24) is 14.8 Å². The van der Waals surface area contributed by atoms with Gasteiger partial charge in [-0.25, -0.2) is 0 Å². The maximum atomic E-state index is 13.5. The summed E-state index contributed by atoms with van der Waals surface area (Å²) in [6, 6.07) is 10.9. The van der Waals surface area contributed by atoms with Gasteiger partial charge in [-0.15, -0.1) is 0 Å². The first-order valence-corrected chi connectivity index (χ1v) is 10.7. The van der Waals surface area contributed by atoms with Crippen molar-refractivity contribution in [3.8, 4) is 5.75 Å². The van der Waals surface area contributed by atoms with E-state index < -0.39 is 0 Å². The Morgan fingerprint density at radius 1 is 1.16 bits per heavy atom. The number of benzene rings is 1. The average Bonchev–Trinajstić information content (AvgIpc) is 3.05. The third-order valence-corrected chi connectivity index (χ3v) is 5.75. The predicted octanol–water partition coefficient (Wildman–Crippen LogP) is 2.46. The molecule has 31 heavy (non-hydrogen) atoms. The molecule has 0 aliphatic carbocycles. The number of likely N-dealkylation sites (tertiary alicyclic amines) is 1. The van der Waals surface area contributed by atoms with E-state index in [4.69, 9.17) is 4.74 Å².